The molecule has 0 radical (unpaired) electrons. The smallest absolute Gasteiger partial charge is 0.286 e. The molecule has 8 heteroatoms. The Morgan fingerprint density at radius 3 is 0.972 bits per heavy atom. The first-order valence-corrected chi connectivity index (χ1v) is 23.5. The summed E-state index contributed by atoms with van der Waals surface area (Å²) in [5.41, 5.74) is -1.12. The van der Waals surface area contributed by atoms with E-state index in [1.807, 2.05) is 170 Å². The molecule has 0 fully saturated rings. The second-order valence-corrected chi connectivity index (χ2v) is 18.9. The minimum atomic E-state index is -4.27. The number of alkyl halides is 4. The van der Waals surface area contributed by atoms with Crippen LogP contribution in [0.4, 0.5) is 57.4 Å². The van der Waals surface area contributed by atoms with Gasteiger partial charge in [-0.3, -0.25) is 0 Å². The molecule has 1 aliphatic carbocycles. The molecule has 0 saturated heterocycles. The maximum absolute atomic E-state index is 18.4. The van der Waals surface area contributed by atoms with Gasteiger partial charge in [0.1, 0.15) is 5.41 Å². The van der Waals surface area contributed by atoms with E-state index >= 15 is 17.6 Å². The summed E-state index contributed by atoms with van der Waals surface area (Å²) >= 11 is 0. The molecule has 2 aliphatic heterocycles. The van der Waals surface area contributed by atoms with E-state index in [9.17, 15) is 5.26 Å². The Morgan fingerprint density at radius 2 is 0.676 bits per heavy atom. The molecule has 0 aromatic heterocycles. The van der Waals surface area contributed by atoms with Gasteiger partial charge in [0.25, 0.3) is 11.8 Å². The van der Waals surface area contributed by atoms with Gasteiger partial charge in [0.2, 0.25) is 5.69 Å². The zero-order valence-electron chi connectivity index (χ0n) is 38.6. The van der Waals surface area contributed by atoms with Crippen molar-refractivity contribution in [1.82, 2.24) is 0 Å². The first-order valence-electron chi connectivity index (χ1n) is 23.5. The van der Waals surface area contributed by atoms with Crippen molar-refractivity contribution in [3.8, 4) is 6.07 Å². The van der Waals surface area contributed by atoms with Crippen molar-refractivity contribution in [3.05, 3.63) is 291 Å². The molecule has 71 heavy (non-hydrogen) atoms. The fraction of sp³-hybridized carbons (Fsp3) is 0.111. The maximum Gasteiger partial charge on any atom is 0.286 e. The molecule has 2 heterocycles. The number of hydrogen-bond donors (Lipinski definition) is 0. The molecule has 0 unspecified atom stereocenters. The van der Waals surface area contributed by atoms with Gasteiger partial charge in [-0.05, 0) is 82.6 Å². The standard InChI is InChI=1S/C63H42F4N4/c1-59(2)62(64,65)54-55(63(59,66)67)58(71-52-38-22-18-34-48(52)61(43-28-12-6-13-29-43,44-30-14-7-15-31-44)49-35-19-23-39-53(49)71)56(69-3)45(40-68)57(54)70-50-36-20-16-32-46(50)60(41-24-8-4-9-25-41,42-26-10-5-11-27-42)47-33-17-21-37-51(47)70/h4-39H,1-2H3. The number of benzene rings is 9. The van der Waals surface area contributed by atoms with Gasteiger partial charge in [-0.15, -0.1) is 0 Å². The largest absolute Gasteiger partial charge is 0.319 e. The quantitative estimate of drug-likeness (QED) is 0.123. The van der Waals surface area contributed by atoms with E-state index in [0.717, 1.165) is 36.1 Å². The third-order valence-corrected chi connectivity index (χ3v) is 15.3. The lowest BCUT2D eigenvalue weighted by molar-refractivity contribution is -0.212. The van der Waals surface area contributed by atoms with E-state index in [0.29, 0.717) is 45.0 Å². The zero-order valence-corrected chi connectivity index (χ0v) is 38.6. The van der Waals surface area contributed by atoms with Crippen molar-refractivity contribution in [2.24, 2.45) is 5.41 Å². The van der Waals surface area contributed by atoms with E-state index in [4.69, 9.17) is 6.57 Å². The van der Waals surface area contributed by atoms with Crippen LogP contribution in [0.5, 0.6) is 0 Å². The highest BCUT2D eigenvalue weighted by atomic mass is 19.3. The van der Waals surface area contributed by atoms with Crippen LogP contribution in [0, 0.1) is 23.3 Å². The van der Waals surface area contributed by atoms with Crippen molar-refractivity contribution in [3.63, 3.8) is 0 Å². The molecule has 0 amide bonds. The number of para-hydroxylation sites is 4. The molecule has 12 rings (SSSR count). The highest BCUT2D eigenvalue weighted by molar-refractivity contribution is 6.03. The maximum atomic E-state index is 18.4. The minimum absolute atomic E-state index is 0.397. The Balaban J connectivity index is 1.23. The van der Waals surface area contributed by atoms with Gasteiger partial charge < -0.3 is 9.80 Å². The number of nitrogens with zero attached hydrogens (tertiary/aromatic N) is 4. The van der Waals surface area contributed by atoms with Crippen LogP contribution >= 0.6 is 0 Å². The van der Waals surface area contributed by atoms with Gasteiger partial charge in [-0.1, -0.05) is 194 Å². The monoisotopic (exact) mass is 930 g/mol. The topological polar surface area (TPSA) is 34.6 Å². The summed E-state index contributed by atoms with van der Waals surface area (Å²) in [4.78, 5) is 7.12. The Morgan fingerprint density at radius 1 is 0.408 bits per heavy atom. The lowest BCUT2D eigenvalue weighted by Crippen LogP contribution is -2.40. The van der Waals surface area contributed by atoms with Crippen molar-refractivity contribution in [2.45, 2.75) is 36.5 Å². The summed E-state index contributed by atoms with van der Waals surface area (Å²) in [6, 6.07) is 71.2. The average molecular weight is 931 g/mol. The zero-order chi connectivity index (χ0) is 48.9. The van der Waals surface area contributed by atoms with Crippen LogP contribution in [0.1, 0.15) is 75.0 Å². The van der Waals surface area contributed by atoms with Crippen LogP contribution in [-0.2, 0) is 22.7 Å². The number of nitriles is 1. The molecular formula is C63H42F4N4. The van der Waals surface area contributed by atoms with Gasteiger partial charge in [0, 0.05) is 16.9 Å². The second kappa shape index (κ2) is 15.7. The predicted molar refractivity (Wildman–Crippen MR) is 272 cm³/mol. The number of rotatable bonds is 6. The highest BCUT2D eigenvalue weighted by Gasteiger charge is 2.73. The molecule has 342 valence electrons. The fourth-order valence-corrected chi connectivity index (χ4v) is 12.1. The number of anilines is 6. The third-order valence-electron chi connectivity index (χ3n) is 15.3. The normalized spacial score (nSPS) is 16.8. The molecule has 0 atom stereocenters. The van der Waals surface area contributed by atoms with Crippen LogP contribution in [0.3, 0.4) is 0 Å². The Kier molecular flexibility index (Phi) is 9.60. The van der Waals surface area contributed by atoms with Gasteiger partial charge in [-0.25, -0.2) is 22.4 Å². The number of fused-ring (bicyclic) bond motifs is 5. The van der Waals surface area contributed by atoms with E-state index in [-0.39, 0.29) is 0 Å². The summed E-state index contributed by atoms with van der Waals surface area (Å²) in [6.07, 6.45) is 0. The number of hydrogen-bond acceptors (Lipinski definition) is 3. The molecule has 9 aromatic rings. The fourth-order valence-electron chi connectivity index (χ4n) is 12.1. The van der Waals surface area contributed by atoms with Crippen LogP contribution < -0.4 is 9.80 Å². The van der Waals surface area contributed by atoms with E-state index in [1.165, 1.54) is 0 Å². The third kappa shape index (κ3) is 5.53. The van der Waals surface area contributed by atoms with Crippen LogP contribution in [-0.4, -0.2) is 0 Å². The molecular weight excluding hydrogens is 889 g/mol. The van der Waals surface area contributed by atoms with Crippen molar-refractivity contribution in [2.75, 3.05) is 9.80 Å². The number of halogens is 4. The summed E-state index contributed by atoms with van der Waals surface area (Å²) < 4.78 is 73.6. The van der Waals surface area contributed by atoms with E-state index in [1.54, 1.807) is 58.3 Å². The Labute approximate surface area is 409 Å². The summed E-state index contributed by atoms with van der Waals surface area (Å²) in [5, 5.41) is 11.7. The Bertz CT molecular complexity index is 3250. The van der Waals surface area contributed by atoms with Gasteiger partial charge in [-0.2, -0.15) is 5.26 Å². The van der Waals surface area contributed by atoms with Crippen LogP contribution in [0.15, 0.2) is 218 Å². The molecule has 0 spiro atoms. The molecule has 3 aliphatic rings. The van der Waals surface area contributed by atoms with E-state index in [2.05, 4.69) is 10.9 Å². The SMILES string of the molecule is [C-]#[N+]c1c(C#N)c(N2c3ccccc3C(c3ccccc3)(c3ccccc3)c3ccccc32)c2c(c1N1c3ccccc3C(c3ccccc3)(c3ccccc3)c3ccccc31)C(F)(F)C(C)(C)C2(F)F. The summed E-state index contributed by atoms with van der Waals surface area (Å²) in [7, 11) is 0. The molecule has 9 aromatic carbocycles. The van der Waals surface area contributed by atoms with Gasteiger partial charge in [0.05, 0.1) is 57.3 Å². The van der Waals surface area contributed by atoms with Crippen LogP contribution in [0.25, 0.3) is 4.85 Å². The predicted octanol–water partition coefficient (Wildman–Crippen LogP) is 16.7. The highest BCUT2D eigenvalue weighted by Crippen LogP contribution is 2.73. The first kappa shape index (κ1) is 43.6. The lowest BCUT2D eigenvalue weighted by Gasteiger charge is -2.48. The van der Waals surface area contributed by atoms with Crippen molar-refractivity contribution >= 4 is 39.8 Å². The Hall–Kier alpha value is -8.72. The average Bonchev–Trinajstić information content (AvgIpc) is 3.53. The molecule has 4 nitrogen and oxygen atoms in total. The molecule has 0 saturated carbocycles. The van der Waals surface area contributed by atoms with Gasteiger partial charge >= 0.3 is 0 Å². The van der Waals surface area contributed by atoms with Crippen molar-refractivity contribution in [1.29, 1.82) is 5.26 Å². The summed E-state index contributed by atoms with van der Waals surface area (Å²) in [5.74, 6) is -8.54. The summed E-state index contributed by atoms with van der Waals surface area (Å²) in [6.45, 7) is 10.8. The van der Waals surface area contributed by atoms with Crippen molar-refractivity contribution < 1.29 is 17.6 Å². The lowest BCUT2D eigenvalue weighted by atomic mass is 9.62. The second-order valence-electron chi connectivity index (χ2n) is 18.9. The minimum Gasteiger partial charge on any atom is -0.319 e. The first-order chi connectivity index (χ1) is 34.5. The van der Waals surface area contributed by atoms with Gasteiger partial charge in [0.15, 0.2) is 0 Å². The molecule has 0 N–H and O–H groups in total. The van der Waals surface area contributed by atoms with E-state index < -0.39 is 61.8 Å². The molecule has 0 bridgehead atoms. The van der Waals surface area contributed by atoms with Crippen LogP contribution in [0.2, 0.25) is 0 Å².